The minimum Gasteiger partial charge on any atom is -0.454 e. The Kier molecular flexibility index (Phi) is 25.4. The third-order valence-corrected chi connectivity index (χ3v) is 23.8. The molecule has 6 aliphatic heterocycles. The zero-order valence-electron chi connectivity index (χ0n) is 62.6. The van der Waals surface area contributed by atoms with Crippen LogP contribution in [-0.4, -0.2) is 69.6 Å². The highest BCUT2D eigenvalue weighted by molar-refractivity contribution is 6.34. The van der Waals surface area contributed by atoms with E-state index in [0.29, 0.717) is 70.7 Å². The number of aromatic nitrogens is 6. The second-order valence-electron chi connectivity index (χ2n) is 28.9. The van der Waals surface area contributed by atoms with E-state index in [0.717, 1.165) is 164 Å². The number of nitrogens with zero attached hydrogens (tertiary/aromatic N) is 16. The van der Waals surface area contributed by atoms with Gasteiger partial charge in [-0.2, -0.15) is 31.3 Å². The molecule has 10 aromatic rings. The summed E-state index contributed by atoms with van der Waals surface area (Å²) in [5, 5.41) is 52.1. The van der Waals surface area contributed by atoms with E-state index in [1.54, 1.807) is 36.9 Å². The van der Waals surface area contributed by atoms with E-state index < -0.39 is 0 Å². The lowest BCUT2D eigenvalue weighted by Gasteiger charge is -2.29. The number of hydrogen-bond donors (Lipinski definition) is 0. The van der Waals surface area contributed by atoms with Crippen LogP contribution >= 0.6 is 58.0 Å². The van der Waals surface area contributed by atoms with E-state index in [9.17, 15) is 0 Å². The van der Waals surface area contributed by atoms with E-state index in [1.807, 2.05) is 127 Å². The first kappa shape index (κ1) is 78.9. The molecule has 10 heterocycles. The molecule has 110 heavy (non-hydrogen) atoms. The first-order valence-corrected chi connectivity index (χ1v) is 38.6. The van der Waals surface area contributed by atoms with Gasteiger partial charge in [-0.05, 0) is 234 Å². The van der Waals surface area contributed by atoms with Crippen molar-refractivity contribution in [1.29, 1.82) is 26.3 Å². The number of aryl methyl sites for hydroxylation is 1. The molecule has 19 nitrogen and oxygen atoms in total. The molecule has 24 heteroatoms. The molecule has 0 radical (unpaired) electrons. The molecule has 5 unspecified atom stereocenters. The number of rotatable bonds is 10. The van der Waals surface area contributed by atoms with Crippen LogP contribution in [0.4, 0.5) is 28.4 Å². The van der Waals surface area contributed by atoms with Gasteiger partial charge < -0.3 is 38.5 Å². The smallest absolute Gasteiger partial charge is 0.249 e. The Balaban J connectivity index is 0.000000128. The van der Waals surface area contributed by atoms with Crippen LogP contribution in [-0.2, 0) is 0 Å². The predicted molar refractivity (Wildman–Crippen MR) is 432 cm³/mol. The maximum absolute atomic E-state index is 9.16. The number of anilines is 5. The van der Waals surface area contributed by atoms with E-state index >= 15 is 0 Å². The fourth-order valence-corrected chi connectivity index (χ4v) is 16.9. The molecular formula is C86H83Cl5N16O3. The van der Waals surface area contributed by atoms with Crippen molar-refractivity contribution in [2.45, 2.75) is 143 Å². The van der Waals surface area contributed by atoms with Crippen molar-refractivity contribution in [3.63, 3.8) is 0 Å². The molecular weight excluding hydrogens is 1480 g/mol. The van der Waals surface area contributed by atoms with Crippen molar-refractivity contribution in [2.75, 3.05) is 64.0 Å². The lowest BCUT2D eigenvalue weighted by Crippen LogP contribution is -2.26. The van der Waals surface area contributed by atoms with E-state index in [4.69, 9.17) is 98.3 Å². The molecule has 5 saturated heterocycles. The third kappa shape index (κ3) is 17.0. The highest BCUT2D eigenvalue weighted by Crippen LogP contribution is 2.49. The van der Waals surface area contributed by atoms with Crippen LogP contribution < -0.4 is 34.0 Å². The van der Waals surface area contributed by atoms with Gasteiger partial charge in [0.2, 0.25) is 12.7 Å². The van der Waals surface area contributed by atoms with Crippen molar-refractivity contribution in [2.24, 2.45) is 5.41 Å². The van der Waals surface area contributed by atoms with Crippen molar-refractivity contribution in [3.8, 4) is 41.8 Å². The SMILES string of the molecule is Cc1c(N2CC(C)(C)CC2c2cccnc2)ccc(C#N)c1Cl.Cc1c(N2CCCC2c2ccc3c(c2)OCO3)ccc(C#N)c1Cl.Cc1c(N2CCCC2c2cccnc2)ccc(C#N)c1Cl.Cc1c(N2CCCC2c2cncnc2)ccc(C#N)c1Cl.Cc1noc(C2CCCN2c2ccc(C#N)c(Cl)c2C)n1. The molecule has 4 aromatic heterocycles. The molecule has 0 bridgehead atoms. The molecule has 0 aliphatic carbocycles. The van der Waals surface area contributed by atoms with Crippen molar-refractivity contribution in [3.05, 3.63) is 261 Å². The maximum Gasteiger partial charge on any atom is 0.249 e. The van der Waals surface area contributed by atoms with Gasteiger partial charge in [0.25, 0.3) is 0 Å². The molecule has 6 aromatic carbocycles. The van der Waals surface area contributed by atoms with Gasteiger partial charge in [0.05, 0.1) is 77.1 Å². The maximum atomic E-state index is 9.16. The minimum absolute atomic E-state index is 0.0777. The highest BCUT2D eigenvalue weighted by Gasteiger charge is 2.40. The van der Waals surface area contributed by atoms with E-state index in [2.05, 4.69) is 123 Å². The molecule has 0 saturated carbocycles. The second-order valence-corrected chi connectivity index (χ2v) is 30.8. The minimum atomic E-state index is 0.0777. The molecule has 6 aliphatic rings. The van der Waals surface area contributed by atoms with Gasteiger partial charge in [-0.1, -0.05) is 95.2 Å². The Morgan fingerprint density at radius 2 is 0.773 bits per heavy atom. The van der Waals surface area contributed by atoms with Gasteiger partial charge in [0.1, 0.15) is 42.7 Å². The summed E-state index contributed by atoms with van der Waals surface area (Å²) < 4.78 is 16.2. The summed E-state index contributed by atoms with van der Waals surface area (Å²) in [6, 6.07) is 45.2. The van der Waals surface area contributed by atoms with Crippen LogP contribution in [0.25, 0.3) is 0 Å². The summed E-state index contributed by atoms with van der Waals surface area (Å²) in [6.45, 7) is 21.4. The van der Waals surface area contributed by atoms with Crippen LogP contribution in [0.5, 0.6) is 11.5 Å². The number of pyridine rings is 2. The fraction of sp³-hybridized carbons (Fsp3) is 0.337. The number of fused-ring (bicyclic) bond motifs is 1. The van der Waals surface area contributed by atoms with Gasteiger partial charge in [-0.25, -0.2) is 9.97 Å². The summed E-state index contributed by atoms with van der Waals surface area (Å²) >= 11 is 31.6. The van der Waals surface area contributed by atoms with Crippen LogP contribution in [0.15, 0.2) is 151 Å². The van der Waals surface area contributed by atoms with Crippen LogP contribution in [0.2, 0.25) is 25.1 Å². The molecule has 16 rings (SSSR count). The van der Waals surface area contributed by atoms with Crippen molar-refractivity contribution in [1.82, 2.24) is 30.1 Å². The average Bonchev–Trinajstić information content (AvgIpc) is 1.62. The monoisotopic (exact) mass is 1560 g/mol. The molecule has 0 spiro atoms. The first-order chi connectivity index (χ1) is 53.2. The normalized spacial score (nSPS) is 18.4. The summed E-state index contributed by atoms with van der Waals surface area (Å²) in [7, 11) is 0. The summed E-state index contributed by atoms with van der Waals surface area (Å²) in [5.41, 5.74) is 17.8. The molecule has 560 valence electrons. The number of hydrogen-bond acceptors (Lipinski definition) is 19. The number of halogens is 5. The third-order valence-electron chi connectivity index (χ3n) is 21.4. The topological polar surface area (TPSA) is 244 Å². The van der Waals surface area contributed by atoms with Gasteiger partial charge in [0, 0.05) is 104 Å². The Bertz CT molecular complexity index is 5090. The summed E-state index contributed by atoms with van der Waals surface area (Å²) in [5.74, 6) is 2.91. The number of nitriles is 5. The molecule has 0 amide bonds. The Morgan fingerprint density at radius 1 is 0.409 bits per heavy atom. The van der Waals surface area contributed by atoms with Crippen LogP contribution in [0, 0.1) is 104 Å². The fourth-order valence-electron chi connectivity index (χ4n) is 15.9. The van der Waals surface area contributed by atoms with Gasteiger partial charge in [-0.15, -0.1) is 0 Å². The Morgan fingerprint density at radius 3 is 1.16 bits per heavy atom. The largest absolute Gasteiger partial charge is 0.454 e. The lowest BCUT2D eigenvalue weighted by atomic mass is 9.89. The number of ether oxygens (including phenoxy) is 2. The van der Waals surface area contributed by atoms with Crippen LogP contribution in [0.1, 0.15) is 191 Å². The number of benzene rings is 6. The van der Waals surface area contributed by atoms with Crippen molar-refractivity contribution >= 4 is 86.4 Å². The zero-order valence-corrected chi connectivity index (χ0v) is 66.4. The van der Waals surface area contributed by atoms with Crippen molar-refractivity contribution < 1.29 is 14.0 Å². The summed E-state index contributed by atoms with van der Waals surface area (Å²) in [4.78, 5) is 32.8. The Labute approximate surface area is 668 Å². The average molecular weight is 1570 g/mol. The quantitative estimate of drug-likeness (QED) is 0.123. The first-order valence-electron chi connectivity index (χ1n) is 36.7. The van der Waals surface area contributed by atoms with Gasteiger partial charge >= 0.3 is 0 Å². The zero-order chi connectivity index (χ0) is 77.9. The molecule has 0 N–H and O–H groups in total. The van der Waals surface area contributed by atoms with Gasteiger partial charge in [-0.3, -0.25) is 9.97 Å². The molecule has 5 atom stereocenters. The lowest BCUT2D eigenvalue weighted by molar-refractivity contribution is 0.174. The van der Waals surface area contributed by atoms with Gasteiger partial charge in [0.15, 0.2) is 17.3 Å². The highest BCUT2D eigenvalue weighted by atomic mass is 35.5. The Hall–Kier alpha value is -10.7. The van der Waals surface area contributed by atoms with E-state index in [1.165, 1.54) is 16.7 Å². The van der Waals surface area contributed by atoms with Crippen LogP contribution in [0.3, 0.4) is 0 Å². The van der Waals surface area contributed by atoms with E-state index in [-0.39, 0.29) is 36.4 Å². The summed E-state index contributed by atoms with van der Waals surface area (Å²) in [6.07, 6.45) is 22.5. The predicted octanol–water partition coefficient (Wildman–Crippen LogP) is 20.9. The standard InChI is InChI=1S/C19H20ClN3.C19H17ClN2O2.C17H16ClN3.C16H15ClN4.C15H15ClN4O/c1-13-16(7-6-14(10-21)18(13)20)23-12-19(2,3)9-17(23)15-5-4-8-22-11-15;1-12-15(6-4-14(10-21)19(12)20)22-8-2-3-16(22)13-5-7-17-18(9-13)24-11-23-17;1-12-15(7-6-13(10-19)17(12)18)21-9-3-5-16(21)14-4-2-8-20-11-14;1-11-14(5-4-12(7-18)16(11)17)21-6-2-3-15(21)13-8-19-10-20-9-13;1-9-12(6-5-11(8-17)14(9)16)20-7-3-4-13(20)15-18-10(2)19-21-15/h4-8,11,17H,9,12H2,1-3H3;4-7,9,16H,2-3,8,11H2,1H3;2,4,6-8,11,16H,3,5,9H2,1H3;4-5,8-10,15H,2-3,6H2,1H3;5-6,13H,3-4,7H2,1-2H3. The second kappa shape index (κ2) is 35.4. The molecule has 5 fully saturated rings.